The minimum absolute atomic E-state index is 0.627. The van der Waals surface area contributed by atoms with Gasteiger partial charge in [-0.2, -0.15) is 0 Å². The maximum Gasteiger partial charge on any atom is 0.152 e. The third kappa shape index (κ3) is 3.61. The summed E-state index contributed by atoms with van der Waals surface area (Å²) in [4.78, 5) is 0. The van der Waals surface area contributed by atoms with Gasteiger partial charge in [-0.3, -0.25) is 0 Å². The Morgan fingerprint density at radius 3 is 2.15 bits per heavy atom. The predicted molar refractivity (Wildman–Crippen MR) is 81.5 cm³/mol. The third-order valence-electron chi connectivity index (χ3n) is 4.47. The molecular weight excluding hydrogens is 272 g/mol. The van der Waals surface area contributed by atoms with E-state index < -0.39 is 21.2 Å². The highest BCUT2D eigenvalue weighted by atomic mass is 32.2. The van der Waals surface area contributed by atoms with E-state index in [1.807, 2.05) is 24.3 Å². The molecule has 0 aliphatic heterocycles. The van der Waals surface area contributed by atoms with Crippen LogP contribution in [0.4, 0.5) is 0 Å². The highest BCUT2D eigenvalue weighted by Gasteiger charge is 2.25. The second kappa shape index (κ2) is 6.27. The SMILES string of the molecule is CC(C(O)c1ccc(C2CCCCC2)cc1)S(C)(=O)=O. The van der Waals surface area contributed by atoms with E-state index in [1.54, 1.807) is 6.92 Å². The molecule has 0 radical (unpaired) electrons. The zero-order valence-corrected chi connectivity index (χ0v) is 13.1. The molecule has 0 heterocycles. The van der Waals surface area contributed by atoms with Crippen LogP contribution in [-0.4, -0.2) is 25.0 Å². The Kier molecular flexibility index (Phi) is 4.86. The Bertz CT molecular complexity index is 527. The molecule has 4 heteroatoms. The van der Waals surface area contributed by atoms with E-state index in [0.29, 0.717) is 11.5 Å². The molecule has 0 saturated heterocycles. The second-order valence-electron chi connectivity index (χ2n) is 5.98. The number of hydrogen-bond donors (Lipinski definition) is 1. The number of sulfone groups is 1. The molecule has 1 aliphatic rings. The minimum atomic E-state index is -3.23. The average Bonchev–Trinajstić information content (AvgIpc) is 2.46. The van der Waals surface area contributed by atoms with Gasteiger partial charge in [0, 0.05) is 6.26 Å². The molecule has 112 valence electrons. The van der Waals surface area contributed by atoms with Gasteiger partial charge >= 0.3 is 0 Å². The maximum absolute atomic E-state index is 11.5. The van der Waals surface area contributed by atoms with Gasteiger partial charge in [0.2, 0.25) is 0 Å². The van der Waals surface area contributed by atoms with Crippen LogP contribution >= 0.6 is 0 Å². The number of benzene rings is 1. The Morgan fingerprint density at radius 1 is 1.10 bits per heavy atom. The summed E-state index contributed by atoms with van der Waals surface area (Å²) in [6.45, 7) is 1.55. The quantitative estimate of drug-likeness (QED) is 0.928. The van der Waals surface area contributed by atoms with E-state index in [-0.39, 0.29) is 0 Å². The van der Waals surface area contributed by atoms with E-state index in [9.17, 15) is 13.5 Å². The fraction of sp³-hybridized carbons (Fsp3) is 0.625. The predicted octanol–water partition coefficient (Wildman–Crippen LogP) is 3.20. The fourth-order valence-electron chi connectivity index (χ4n) is 2.91. The average molecular weight is 296 g/mol. The molecule has 1 saturated carbocycles. The molecule has 2 rings (SSSR count). The first-order chi connectivity index (χ1) is 9.39. The van der Waals surface area contributed by atoms with Gasteiger partial charge in [0.1, 0.15) is 0 Å². The van der Waals surface area contributed by atoms with Gasteiger partial charge in [0.15, 0.2) is 9.84 Å². The summed E-state index contributed by atoms with van der Waals surface area (Å²) in [6.07, 6.45) is 6.60. The lowest BCUT2D eigenvalue weighted by atomic mass is 9.84. The van der Waals surface area contributed by atoms with Crippen molar-refractivity contribution in [2.45, 2.75) is 56.3 Å². The first kappa shape index (κ1) is 15.5. The molecule has 0 spiro atoms. The normalized spacial score (nSPS) is 20.6. The molecule has 0 bridgehead atoms. The Hall–Kier alpha value is -0.870. The number of aliphatic hydroxyl groups is 1. The van der Waals surface area contributed by atoms with Crippen LogP contribution in [0.5, 0.6) is 0 Å². The van der Waals surface area contributed by atoms with Crippen LogP contribution in [0.3, 0.4) is 0 Å². The molecule has 3 nitrogen and oxygen atoms in total. The minimum Gasteiger partial charge on any atom is -0.387 e. The van der Waals surface area contributed by atoms with Crippen molar-refractivity contribution < 1.29 is 13.5 Å². The van der Waals surface area contributed by atoms with Crippen molar-refractivity contribution in [2.24, 2.45) is 0 Å². The molecule has 2 unspecified atom stereocenters. The van der Waals surface area contributed by atoms with Crippen molar-refractivity contribution >= 4 is 9.84 Å². The van der Waals surface area contributed by atoms with E-state index in [2.05, 4.69) is 0 Å². The van der Waals surface area contributed by atoms with Gasteiger partial charge in [-0.1, -0.05) is 43.5 Å². The van der Waals surface area contributed by atoms with Crippen LogP contribution in [0.15, 0.2) is 24.3 Å². The molecule has 1 aromatic carbocycles. The number of rotatable bonds is 4. The topological polar surface area (TPSA) is 54.4 Å². The summed E-state index contributed by atoms with van der Waals surface area (Å²) < 4.78 is 23.0. The van der Waals surface area contributed by atoms with Crippen LogP contribution in [0, 0.1) is 0 Å². The zero-order chi connectivity index (χ0) is 14.8. The summed E-state index contributed by atoms with van der Waals surface area (Å²) in [5, 5.41) is 9.37. The molecule has 0 amide bonds. The Balaban J connectivity index is 2.11. The number of aliphatic hydroxyl groups excluding tert-OH is 1. The smallest absolute Gasteiger partial charge is 0.152 e. The van der Waals surface area contributed by atoms with Crippen molar-refractivity contribution in [2.75, 3.05) is 6.26 Å². The first-order valence-electron chi connectivity index (χ1n) is 7.36. The van der Waals surface area contributed by atoms with Gasteiger partial charge in [0.25, 0.3) is 0 Å². The van der Waals surface area contributed by atoms with Crippen molar-refractivity contribution in [1.29, 1.82) is 0 Å². The van der Waals surface area contributed by atoms with Gasteiger partial charge in [-0.25, -0.2) is 8.42 Å². The van der Waals surface area contributed by atoms with Crippen molar-refractivity contribution in [3.63, 3.8) is 0 Å². The highest BCUT2D eigenvalue weighted by molar-refractivity contribution is 7.91. The highest BCUT2D eigenvalue weighted by Crippen LogP contribution is 2.33. The summed E-state index contributed by atoms with van der Waals surface area (Å²) in [6, 6.07) is 7.83. The molecule has 0 aromatic heterocycles. The van der Waals surface area contributed by atoms with Gasteiger partial charge in [-0.05, 0) is 36.8 Å². The summed E-state index contributed by atoms with van der Waals surface area (Å²) >= 11 is 0. The van der Waals surface area contributed by atoms with E-state index in [4.69, 9.17) is 0 Å². The summed E-state index contributed by atoms with van der Waals surface area (Å²) in [5.74, 6) is 0.627. The Morgan fingerprint density at radius 2 is 1.65 bits per heavy atom. The molecule has 1 N–H and O–H groups in total. The largest absolute Gasteiger partial charge is 0.387 e. The molecule has 1 fully saturated rings. The summed E-state index contributed by atoms with van der Waals surface area (Å²) in [5.41, 5.74) is 2.00. The van der Waals surface area contributed by atoms with E-state index in [1.165, 1.54) is 37.7 Å². The maximum atomic E-state index is 11.5. The van der Waals surface area contributed by atoms with Gasteiger partial charge in [-0.15, -0.1) is 0 Å². The molecule has 20 heavy (non-hydrogen) atoms. The lowest BCUT2D eigenvalue weighted by Crippen LogP contribution is -2.24. The zero-order valence-electron chi connectivity index (χ0n) is 12.2. The molecular formula is C16H24O3S. The molecule has 1 aliphatic carbocycles. The standard InChI is InChI=1S/C16H24O3S/c1-12(20(2,18)19)16(17)15-10-8-14(9-11-15)13-6-4-3-5-7-13/h8-13,16-17H,3-7H2,1-2H3. The second-order valence-corrected chi connectivity index (χ2v) is 8.38. The van der Waals surface area contributed by atoms with Gasteiger partial charge < -0.3 is 5.11 Å². The van der Waals surface area contributed by atoms with Crippen LogP contribution < -0.4 is 0 Å². The van der Waals surface area contributed by atoms with Gasteiger partial charge in [0.05, 0.1) is 11.4 Å². The van der Waals surface area contributed by atoms with E-state index in [0.717, 1.165) is 6.26 Å². The lowest BCUT2D eigenvalue weighted by Gasteiger charge is -2.23. The van der Waals surface area contributed by atoms with Crippen LogP contribution in [0.1, 0.15) is 62.2 Å². The van der Waals surface area contributed by atoms with Crippen molar-refractivity contribution in [3.8, 4) is 0 Å². The van der Waals surface area contributed by atoms with E-state index >= 15 is 0 Å². The third-order valence-corrected chi connectivity index (χ3v) is 6.08. The Labute approximate surface area is 121 Å². The van der Waals surface area contributed by atoms with Crippen LogP contribution in [0.2, 0.25) is 0 Å². The van der Waals surface area contributed by atoms with Crippen molar-refractivity contribution in [1.82, 2.24) is 0 Å². The monoisotopic (exact) mass is 296 g/mol. The molecule has 1 aromatic rings. The first-order valence-corrected chi connectivity index (χ1v) is 9.32. The number of hydrogen-bond acceptors (Lipinski definition) is 3. The summed E-state index contributed by atoms with van der Waals surface area (Å²) in [7, 11) is -3.23. The fourth-order valence-corrected chi connectivity index (χ4v) is 3.53. The molecule has 2 atom stereocenters. The van der Waals surface area contributed by atoms with Crippen molar-refractivity contribution in [3.05, 3.63) is 35.4 Å². The lowest BCUT2D eigenvalue weighted by molar-refractivity contribution is 0.176. The van der Waals surface area contributed by atoms with Crippen LogP contribution in [-0.2, 0) is 9.84 Å². The van der Waals surface area contributed by atoms with Crippen LogP contribution in [0.25, 0.3) is 0 Å².